The van der Waals surface area contributed by atoms with Gasteiger partial charge in [-0.2, -0.15) is 0 Å². The number of amides is 1. The van der Waals surface area contributed by atoms with Crippen LogP contribution in [0.3, 0.4) is 0 Å². The molecule has 1 heterocycles. The molecule has 0 bridgehead atoms. The molecule has 4 aromatic rings. The number of para-hydroxylation sites is 1. The predicted molar refractivity (Wildman–Crippen MR) is 168 cm³/mol. The van der Waals surface area contributed by atoms with Gasteiger partial charge in [-0.15, -0.1) is 5.10 Å². The Balaban J connectivity index is 1.46. The Morgan fingerprint density at radius 1 is 0.905 bits per heavy atom. The van der Waals surface area contributed by atoms with Gasteiger partial charge in [-0.05, 0) is 104 Å². The SMILES string of the molecule is CN(CC(=O)Nc1ccc(Oc2ccccc2)cc1)C(CCCc1ccccc1)c1nnnn1C(C)(C)CC(C)(C)C. The van der Waals surface area contributed by atoms with Crippen LogP contribution < -0.4 is 10.1 Å². The molecule has 0 saturated heterocycles. The second-order valence-corrected chi connectivity index (χ2v) is 12.8. The maximum absolute atomic E-state index is 13.2. The lowest BCUT2D eigenvalue weighted by atomic mass is 9.81. The lowest BCUT2D eigenvalue weighted by molar-refractivity contribution is -0.117. The molecule has 0 aliphatic rings. The molecule has 1 atom stereocenters. The molecule has 4 rings (SSSR count). The van der Waals surface area contributed by atoms with Crippen LogP contribution in [0.15, 0.2) is 84.9 Å². The van der Waals surface area contributed by atoms with Crippen LogP contribution in [0.5, 0.6) is 11.5 Å². The molecule has 3 aromatic carbocycles. The van der Waals surface area contributed by atoms with Crippen LogP contribution >= 0.6 is 0 Å². The molecule has 42 heavy (non-hydrogen) atoms. The van der Waals surface area contributed by atoms with Gasteiger partial charge in [0.15, 0.2) is 5.82 Å². The van der Waals surface area contributed by atoms with Gasteiger partial charge in [-0.1, -0.05) is 69.3 Å². The molecule has 0 aliphatic heterocycles. The molecule has 1 N–H and O–H groups in total. The van der Waals surface area contributed by atoms with Gasteiger partial charge >= 0.3 is 0 Å². The first-order valence-electron chi connectivity index (χ1n) is 14.7. The van der Waals surface area contributed by atoms with Crippen molar-refractivity contribution in [1.29, 1.82) is 0 Å². The van der Waals surface area contributed by atoms with E-state index in [1.54, 1.807) is 0 Å². The van der Waals surface area contributed by atoms with E-state index in [0.717, 1.165) is 37.3 Å². The van der Waals surface area contributed by atoms with E-state index >= 15 is 0 Å². The van der Waals surface area contributed by atoms with Crippen molar-refractivity contribution >= 4 is 11.6 Å². The molecule has 1 unspecified atom stereocenters. The highest BCUT2D eigenvalue weighted by Crippen LogP contribution is 2.34. The lowest BCUT2D eigenvalue weighted by Gasteiger charge is -2.35. The number of rotatable bonds is 13. The third-order valence-corrected chi connectivity index (χ3v) is 7.16. The molecular weight excluding hydrogens is 524 g/mol. The lowest BCUT2D eigenvalue weighted by Crippen LogP contribution is -2.39. The zero-order valence-electron chi connectivity index (χ0n) is 25.7. The van der Waals surface area contributed by atoms with Crippen LogP contribution in [0, 0.1) is 5.41 Å². The summed E-state index contributed by atoms with van der Waals surface area (Å²) in [6, 6.07) is 27.4. The van der Waals surface area contributed by atoms with Gasteiger partial charge in [0.2, 0.25) is 5.91 Å². The normalized spacial score (nSPS) is 12.7. The smallest absolute Gasteiger partial charge is 0.238 e. The number of aryl methyl sites for hydroxylation is 1. The fraction of sp³-hybridized carbons (Fsp3) is 0.412. The monoisotopic (exact) mass is 568 g/mol. The van der Waals surface area contributed by atoms with Crippen molar-refractivity contribution in [3.8, 4) is 11.5 Å². The maximum Gasteiger partial charge on any atom is 0.238 e. The van der Waals surface area contributed by atoms with Crippen molar-refractivity contribution in [1.82, 2.24) is 25.1 Å². The van der Waals surface area contributed by atoms with Gasteiger partial charge in [-0.25, -0.2) is 4.68 Å². The number of nitrogens with zero attached hydrogens (tertiary/aromatic N) is 5. The first-order valence-corrected chi connectivity index (χ1v) is 14.7. The Bertz CT molecular complexity index is 1400. The van der Waals surface area contributed by atoms with Crippen LogP contribution in [-0.2, 0) is 16.8 Å². The van der Waals surface area contributed by atoms with Crippen molar-refractivity contribution in [2.45, 2.75) is 71.9 Å². The van der Waals surface area contributed by atoms with Crippen LogP contribution in [0.1, 0.15) is 71.3 Å². The largest absolute Gasteiger partial charge is 0.457 e. The number of anilines is 1. The molecule has 222 valence electrons. The van der Waals surface area contributed by atoms with E-state index in [1.807, 2.05) is 72.4 Å². The summed E-state index contributed by atoms with van der Waals surface area (Å²) in [4.78, 5) is 15.3. The number of likely N-dealkylation sites (N-methyl/N-ethyl adjacent to an activating group) is 1. The van der Waals surface area contributed by atoms with E-state index in [4.69, 9.17) is 4.74 Å². The first kappa shape index (κ1) is 30.9. The Hall–Kier alpha value is -4.04. The number of ether oxygens (including phenoxy) is 1. The van der Waals surface area contributed by atoms with Crippen LogP contribution in [-0.4, -0.2) is 44.6 Å². The summed E-state index contributed by atoms with van der Waals surface area (Å²) < 4.78 is 7.84. The predicted octanol–water partition coefficient (Wildman–Crippen LogP) is 7.27. The van der Waals surface area contributed by atoms with Gasteiger partial charge in [0.1, 0.15) is 11.5 Å². The van der Waals surface area contributed by atoms with Crippen LogP contribution in [0.2, 0.25) is 0 Å². The number of hydrogen-bond acceptors (Lipinski definition) is 6. The minimum Gasteiger partial charge on any atom is -0.457 e. The molecule has 8 heteroatoms. The minimum absolute atomic E-state index is 0.100. The summed E-state index contributed by atoms with van der Waals surface area (Å²) in [7, 11) is 1.97. The summed E-state index contributed by atoms with van der Waals surface area (Å²) in [5, 5.41) is 16.1. The molecule has 1 amide bonds. The second-order valence-electron chi connectivity index (χ2n) is 12.8. The molecule has 1 aromatic heterocycles. The summed E-state index contributed by atoms with van der Waals surface area (Å²) in [5.41, 5.74) is 1.82. The van der Waals surface area contributed by atoms with Gasteiger partial charge < -0.3 is 10.1 Å². The molecule has 0 aliphatic carbocycles. The van der Waals surface area contributed by atoms with Crippen LogP contribution in [0.25, 0.3) is 0 Å². The Morgan fingerprint density at radius 2 is 1.52 bits per heavy atom. The first-order chi connectivity index (χ1) is 20.0. The van der Waals surface area contributed by atoms with Gasteiger partial charge in [-0.3, -0.25) is 9.69 Å². The number of aromatic nitrogens is 4. The van der Waals surface area contributed by atoms with Crippen molar-refractivity contribution in [3.63, 3.8) is 0 Å². The van der Waals surface area contributed by atoms with Gasteiger partial charge in [0.25, 0.3) is 0 Å². The zero-order chi connectivity index (χ0) is 30.2. The highest BCUT2D eigenvalue weighted by Gasteiger charge is 2.34. The van der Waals surface area contributed by atoms with Crippen molar-refractivity contribution < 1.29 is 9.53 Å². The topological polar surface area (TPSA) is 85.2 Å². The van der Waals surface area contributed by atoms with Crippen LogP contribution in [0.4, 0.5) is 5.69 Å². The van der Waals surface area contributed by atoms with E-state index in [0.29, 0.717) is 11.4 Å². The number of hydrogen-bond donors (Lipinski definition) is 1. The van der Waals surface area contributed by atoms with E-state index in [9.17, 15) is 4.79 Å². The second kappa shape index (κ2) is 13.7. The summed E-state index contributed by atoms with van der Waals surface area (Å²) in [6.07, 6.45) is 3.61. The number of benzene rings is 3. The number of carbonyl (C=O) groups is 1. The number of carbonyl (C=O) groups excluding carboxylic acids is 1. The van der Waals surface area contributed by atoms with E-state index in [-0.39, 0.29) is 29.4 Å². The number of nitrogens with one attached hydrogen (secondary N) is 1. The molecule has 0 fully saturated rings. The minimum atomic E-state index is -0.290. The highest BCUT2D eigenvalue weighted by molar-refractivity contribution is 5.92. The fourth-order valence-corrected chi connectivity index (χ4v) is 5.66. The third kappa shape index (κ3) is 8.98. The molecule has 0 radical (unpaired) electrons. The highest BCUT2D eigenvalue weighted by atomic mass is 16.5. The standard InChI is InChI=1S/C34H44N6O2/c1-33(2,3)25-34(4,5)40-32(36-37-38-40)30(19-13-16-26-14-9-7-10-15-26)39(6)24-31(41)35-27-20-22-29(23-21-27)42-28-17-11-8-12-18-28/h7-12,14-15,17-18,20-23,30H,13,16,19,24-25H2,1-6H3,(H,35,41). The average Bonchev–Trinajstić information content (AvgIpc) is 3.43. The Labute approximate surface area is 250 Å². The van der Waals surface area contributed by atoms with Crippen molar-refractivity contribution in [3.05, 3.63) is 96.3 Å². The summed E-state index contributed by atoms with van der Waals surface area (Å²) >= 11 is 0. The van der Waals surface area contributed by atoms with E-state index < -0.39 is 0 Å². The molecule has 0 spiro atoms. The zero-order valence-corrected chi connectivity index (χ0v) is 25.7. The molecular formula is C34H44N6O2. The summed E-state index contributed by atoms with van der Waals surface area (Å²) in [6.45, 7) is 11.2. The van der Waals surface area contributed by atoms with Gasteiger partial charge in [0, 0.05) is 5.69 Å². The van der Waals surface area contributed by atoms with Crippen molar-refractivity contribution in [2.75, 3.05) is 18.9 Å². The van der Waals surface area contributed by atoms with Gasteiger partial charge in [0.05, 0.1) is 18.1 Å². The number of tetrazole rings is 1. The maximum atomic E-state index is 13.2. The Morgan fingerprint density at radius 3 is 2.17 bits per heavy atom. The molecule has 8 nitrogen and oxygen atoms in total. The average molecular weight is 569 g/mol. The quantitative estimate of drug-likeness (QED) is 0.183. The Kier molecular flexibility index (Phi) is 10.1. The third-order valence-electron chi connectivity index (χ3n) is 7.16. The fourth-order valence-electron chi connectivity index (χ4n) is 5.66. The van der Waals surface area contributed by atoms with E-state index in [1.165, 1.54) is 5.56 Å². The van der Waals surface area contributed by atoms with Crippen molar-refractivity contribution in [2.24, 2.45) is 5.41 Å². The summed E-state index contributed by atoms with van der Waals surface area (Å²) in [5.74, 6) is 2.16. The molecule has 0 saturated carbocycles. The van der Waals surface area contributed by atoms with E-state index in [2.05, 4.69) is 84.6 Å².